The highest BCUT2D eigenvalue weighted by molar-refractivity contribution is 7.80. The molecule has 0 aliphatic carbocycles. The number of hydrogen-bond acceptors (Lipinski definition) is 4. The van der Waals surface area contributed by atoms with Gasteiger partial charge in [0.2, 0.25) is 5.78 Å². The Morgan fingerprint density at radius 1 is 0.789 bits per heavy atom. The summed E-state index contributed by atoms with van der Waals surface area (Å²) in [6.45, 7) is 0. The van der Waals surface area contributed by atoms with Crippen LogP contribution in [0, 0.1) is 11.6 Å². The molecule has 0 aliphatic heterocycles. The fourth-order valence-electron chi connectivity index (χ4n) is 3.92. The number of halogens is 2. The number of carbonyl (C=O) groups excluding carboxylic acids is 1. The molecular formula is C29H20F2N4O2S. The van der Waals surface area contributed by atoms with E-state index in [0.717, 1.165) is 17.8 Å². The van der Waals surface area contributed by atoms with Crippen molar-refractivity contribution in [3.63, 3.8) is 0 Å². The number of hydrogen-bond donors (Lipinski definition) is 4. The number of Topliss-reactive ketones (excluding diaryl/α,β-unsaturated/α-hetero) is 1. The van der Waals surface area contributed by atoms with Crippen LogP contribution in [-0.2, 0) is 0 Å². The van der Waals surface area contributed by atoms with Gasteiger partial charge in [0.15, 0.2) is 5.11 Å². The first kappa shape index (κ1) is 24.8. The van der Waals surface area contributed by atoms with Crippen LogP contribution in [0.25, 0.3) is 22.4 Å². The molecule has 0 amide bonds. The number of aromatic amines is 1. The van der Waals surface area contributed by atoms with Gasteiger partial charge in [-0.25, -0.2) is 13.8 Å². The fourth-order valence-corrected chi connectivity index (χ4v) is 4.15. The zero-order valence-corrected chi connectivity index (χ0v) is 20.5. The first-order valence-electron chi connectivity index (χ1n) is 11.5. The molecule has 38 heavy (non-hydrogen) atoms. The Bertz CT molecular complexity index is 1670. The van der Waals surface area contributed by atoms with Crippen LogP contribution in [0.1, 0.15) is 21.7 Å². The van der Waals surface area contributed by atoms with E-state index in [2.05, 4.69) is 20.6 Å². The van der Waals surface area contributed by atoms with Gasteiger partial charge in [0, 0.05) is 28.6 Å². The highest BCUT2D eigenvalue weighted by Gasteiger charge is 2.24. The van der Waals surface area contributed by atoms with Crippen LogP contribution in [0.4, 0.5) is 20.2 Å². The molecule has 0 bridgehead atoms. The lowest BCUT2D eigenvalue weighted by molar-refractivity contribution is 0.105. The minimum atomic E-state index is -0.890. The number of carbonyl (C=O) groups is 1. The summed E-state index contributed by atoms with van der Waals surface area (Å²) < 4.78 is 27.9. The van der Waals surface area contributed by atoms with E-state index in [1.807, 2.05) is 30.3 Å². The van der Waals surface area contributed by atoms with E-state index in [-0.39, 0.29) is 22.5 Å². The molecule has 1 aromatic heterocycles. The van der Waals surface area contributed by atoms with Crippen LogP contribution in [0.2, 0.25) is 0 Å². The maximum atomic E-state index is 13.9. The molecule has 0 aliphatic rings. The van der Waals surface area contributed by atoms with Crippen molar-refractivity contribution >= 4 is 56.9 Å². The number of H-pyrrole nitrogens is 1. The molecule has 0 atom stereocenters. The van der Waals surface area contributed by atoms with Gasteiger partial charge in [0.05, 0.1) is 11.0 Å². The number of rotatable bonds is 6. The van der Waals surface area contributed by atoms with Crippen molar-refractivity contribution in [3.8, 4) is 0 Å². The van der Waals surface area contributed by atoms with Gasteiger partial charge in [0.1, 0.15) is 28.8 Å². The van der Waals surface area contributed by atoms with E-state index in [1.54, 1.807) is 48.5 Å². The predicted octanol–water partition coefficient (Wildman–Crippen LogP) is 6.96. The molecule has 188 valence electrons. The Labute approximate surface area is 221 Å². The van der Waals surface area contributed by atoms with Gasteiger partial charge in [-0.15, -0.1) is 0 Å². The Morgan fingerprint density at radius 2 is 1.42 bits per heavy atom. The topological polar surface area (TPSA) is 90.0 Å². The molecule has 0 spiro atoms. The number of fused-ring (bicyclic) bond motifs is 1. The number of aromatic nitrogens is 2. The van der Waals surface area contributed by atoms with Crippen LogP contribution in [0.5, 0.6) is 0 Å². The zero-order valence-electron chi connectivity index (χ0n) is 19.7. The summed E-state index contributed by atoms with van der Waals surface area (Å²) in [5.41, 5.74) is 2.38. The third-order valence-corrected chi connectivity index (χ3v) is 5.85. The molecule has 0 fully saturated rings. The summed E-state index contributed by atoms with van der Waals surface area (Å²) in [6.07, 6.45) is 0. The number of allylic oxidation sites excluding steroid dienone is 1. The smallest absolute Gasteiger partial charge is 0.200 e. The molecule has 9 heteroatoms. The average Bonchev–Trinajstić information content (AvgIpc) is 3.32. The highest BCUT2D eigenvalue weighted by Crippen LogP contribution is 2.29. The maximum Gasteiger partial charge on any atom is 0.200 e. The summed E-state index contributed by atoms with van der Waals surface area (Å²) >= 11 is 5.39. The number of aliphatic hydroxyl groups is 1. The lowest BCUT2D eigenvalue weighted by Gasteiger charge is -2.10. The summed E-state index contributed by atoms with van der Waals surface area (Å²) in [7, 11) is 0. The fraction of sp³-hybridized carbons (Fsp3) is 0. The van der Waals surface area contributed by atoms with Gasteiger partial charge >= 0.3 is 0 Å². The standard InChI is InChI=1S/C29H20F2N4O2S/c30-19-13-18(14-20(31)15-19)27(37)25(26(36)17-7-3-1-4-8-17)28-34-23-12-11-22(16-24(23)35-28)33-29(38)32-21-9-5-2-6-10-21/h1-16,37H,(H,34,35)(H2,32,33,38). The number of aliphatic hydroxyl groups excluding tert-OH is 1. The van der Waals surface area contributed by atoms with E-state index in [0.29, 0.717) is 27.9 Å². The van der Waals surface area contributed by atoms with Crippen molar-refractivity contribution in [1.29, 1.82) is 0 Å². The molecule has 0 saturated carbocycles. The number of ketones is 1. The van der Waals surface area contributed by atoms with Crippen molar-refractivity contribution in [2.45, 2.75) is 0 Å². The normalized spacial score (nSPS) is 11.6. The van der Waals surface area contributed by atoms with Crippen molar-refractivity contribution in [2.75, 3.05) is 10.6 Å². The summed E-state index contributed by atoms with van der Waals surface area (Å²) in [5, 5.41) is 17.6. The molecule has 4 aromatic carbocycles. The first-order valence-corrected chi connectivity index (χ1v) is 11.9. The molecule has 6 nitrogen and oxygen atoms in total. The van der Waals surface area contributed by atoms with Gasteiger partial charge in [0.25, 0.3) is 0 Å². The summed E-state index contributed by atoms with van der Waals surface area (Å²) in [5.74, 6) is -2.92. The monoisotopic (exact) mass is 526 g/mol. The van der Waals surface area contributed by atoms with Crippen molar-refractivity contribution < 1.29 is 18.7 Å². The van der Waals surface area contributed by atoms with E-state index >= 15 is 0 Å². The molecule has 5 rings (SSSR count). The molecule has 1 heterocycles. The second-order valence-electron chi connectivity index (χ2n) is 8.34. The summed E-state index contributed by atoms with van der Waals surface area (Å²) in [4.78, 5) is 21.0. The van der Waals surface area contributed by atoms with Crippen molar-refractivity contribution in [2.24, 2.45) is 0 Å². The number of thiocarbonyl (C=S) groups is 1. The minimum Gasteiger partial charge on any atom is -0.506 e. The van der Waals surface area contributed by atoms with E-state index in [1.165, 1.54) is 0 Å². The van der Waals surface area contributed by atoms with Gasteiger partial charge in [-0.1, -0.05) is 48.5 Å². The number of nitrogens with zero attached hydrogens (tertiary/aromatic N) is 1. The zero-order chi connectivity index (χ0) is 26.6. The number of imidazole rings is 1. The molecule has 0 unspecified atom stereocenters. The van der Waals surface area contributed by atoms with Crippen LogP contribution >= 0.6 is 12.2 Å². The van der Waals surface area contributed by atoms with Crippen LogP contribution in [0.3, 0.4) is 0 Å². The molecule has 0 saturated heterocycles. The Balaban J connectivity index is 1.53. The Hall–Kier alpha value is -4.89. The second-order valence-corrected chi connectivity index (χ2v) is 8.75. The van der Waals surface area contributed by atoms with Crippen LogP contribution in [0.15, 0.2) is 97.1 Å². The van der Waals surface area contributed by atoms with E-state index in [4.69, 9.17) is 12.2 Å². The second kappa shape index (κ2) is 10.6. The number of anilines is 2. The van der Waals surface area contributed by atoms with E-state index in [9.17, 15) is 18.7 Å². The highest BCUT2D eigenvalue weighted by atomic mass is 32.1. The molecule has 4 N–H and O–H groups in total. The average molecular weight is 527 g/mol. The third kappa shape index (κ3) is 5.42. The molecule has 5 aromatic rings. The van der Waals surface area contributed by atoms with E-state index < -0.39 is 23.2 Å². The van der Waals surface area contributed by atoms with Gasteiger partial charge in [-0.3, -0.25) is 4.79 Å². The lowest BCUT2D eigenvalue weighted by atomic mass is 9.98. The van der Waals surface area contributed by atoms with Crippen LogP contribution in [-0.4, -0.2) is 26.0 Å². The van der Waals surface area contributed by atoms with Gasteiger partial charge < -0.3 is 20.7 Å². The number of benzene rings is 4. The maximum absolute atomic E-state index is 13.9. The SMILES string of the molecule is O=C(C(=C(O)c1cc(F)cc(F)c1)c1nc2ccc(NC(=S)Nc3ccccc3)cc2[nH]1)c1ccccc1. The van der Waals surface area contributed by atoms with Crippen molar-refractivity contribution in [3.05, 3.63) is 126 Å². The Morgan fingerprint density at radius 3 is 2.11 bits per heavy atom. The molecule has 0 radical (unpaired) electrons. The minimum absolute atomic E-state index is 0.0400. The van der Waals surface area contributed by atoms with Crippen molar-refractivity contribution in [1.82, 2.24) is 9.97 Å². The lowest BCUT2D eigenvalue weighted by Crippen LogP contribution is -2.18. The number of para-hydroxylation sites is 1. The number of nitrogens with one attached hydrogen (secondary N) is 3. The Kier molecular flexibility index (Phi) is 6.92. The largest absolute Gasteiger partial charge is 0.506 e. The van der Waals surface area contributed by atoms with Gasteiger partial charge in [-0.2, -0.15) is 0 Å². The predicted molar refractivity (Wildman–Crippen MR) is 149 cm³/mol. The van der Waals surface area contributed by atoms with Crippen LogP contribution < -0.4 is 10.6 Å². The van der Waals surface area contributed by atoms with Gasteiger partial charge in [-0.05, 0) is 54.7 Å². The first-order chi connectivity index (χ1) is 18.4. The quantitative estimate of drug-likeness (QED) is 0.0828. The summed E-state index contributed by atoms with van der Waals surface area (Å²) in [6, 6.07) is 25.5. The molecular weight excluding hydrogens is 506 g/mol. The third-order valence-electron chi connectivity index (χ3n) is 5.64.